The van der Waals surface area contributed by atoms with Crippen molar-refractivity contribution in [2.45, 2.75) is 31.8 Å². The second kappa shape index (κ2) is 6.36. The first-order chi connectivity index (χ1) is 10.6. The lowest BCUT2D eigenvalue weighted by Gasteiger charge is -2.19. The number of halogens is 1. The van der Waals surface area contributed by atoms with E-state index in [0.717, 1.165) is 18.4 Å². The van der Waals surface area contributed by atoms with Gasteiger partial charge in [0.1, 0.15) is 10.8 Å². The number of nitrogens with zero attached hydrogens (tertiary/aromatic N) is 1. The number of carbonyl (C=O) groups is 2. The van der Waals surface area contributed by atoms with Gasteiger partial charge >= 0.3 is 5.97 Å². The van der Waals surface area contributed by atoms with Crippen LogP contribution in [-0.4, -0.2) is 22.8 Å². The molecule has 0 unspecified atom stereocenters. The topological polar surface area (TPSA) is 56.3 Å². The first-order valence-corrected chi connectivity index (χ1v) is 7.96. The molecular weight excluding hydrogens is 305 g/mol. The molecule has 0 radical (unpaired) electrons. The Labute approximate surface area is 130 Å². The van der Waals surface area contributed by atoms with Gasteiger partial charge in [0.15, 0.2) is 17.6 Å². The third kappa shape index (κ3) is 3.22. The van der Waals surface area contributed by atoms with E-state index in [0.29, 0.717) is 17.8 Å². The Kier molecular flexibility index (Phi) is 4.29. The van der Waals surface area contributed by atoms with Crippen molar-refractivity contribution >= 4 is 23.1 Å². The summed E-state index contributed by atoms with van der Waals surface area (Å²) in [6.07, 6.45) is 2.16. The lowest BCUT2D eigenvalue weighted by molar-refractivity contribution is -0.129. The van der Waals surface area contributed by atoms with Crippen molar-refractivity contribution in [1.82, 2.24) is 4.98 Å². The molecule has 22 heavy (non-hydrogen) atoms. The number of thiazole rings is 1. The minimum absolute atomic E-state index is 0.0198. The normalized spacial score (nSPS) is 18.2. The predicted octanol–water partition coefficient (Wildman–Crippen LogP) is 3.62. The smallest absolute Gasteiger partial charge is 0.358 e. The maximum Gasteiger partial charge on any atom is 0.358 e. The number of hydrogen-bond acceptors (Lipinski definition) is 5. The number of benzene rings is 1. The Bertz CT molecular complexity index is 696. The predicted molar refractivity (Wildman–Crippen MR) is 80.2 cm³/mol. The van der Waals surface area contributed by atoms with Crippen molar-refractivity contribution in [2.24, 2.45) is 0 Å². The van der Waals surface area contributed by atoms with Gasteiger partial charge in [0.2, 0.25) is 0 Å². The Morgan fingerprint density at radius 3 is 2.77 bits per heavy atom. The van der Waals surface area contributed by atoms with Gasteiger partial charge in [0, 0.05) is 17.4 Å². The Morgan fingerprint density at radius 1 is 1.27 bits per heavy atom. The lowest BCUT2D eigenvalue weighted by atomic mass is 9.96. The molecule has 6 heteroatoms. The van der Waals surface area contributed by atoms with Crippen LogP contribution < -0.4 is 0 Å². The molecule has 0 saturated heterocycles. The molecule has 1 aliphatic rings. The van der Waals surface area contributed by atoms with Crippen molar-refractivity contribution in [1.29, 1.82) is 0 Å². The number of esters is 1. The van der Waals surface area contributed by atoms with Crippen LogP contribution in [0.4, 0.5) is 4.39 Å². The summed E-state index contributed by atoms with van der Waals surface area (Å²) in [6, 6.07) is 5.90. The van der Waals surface area contributed by atoms with Crippen molar-refractivity contribution < 1.29 is 18.7 Å². The van der Waals surface area contributed by atoms with Crippen molar-refractivity contribution in [3.63, 3.8) is 0 Å². The molecular formula is C16H14FNO3S. The zero-order valence-electron chi connectivity index (χ0n) is 11.8. The number of Topliss-reactive ketones (excluding diaryl/α,β-unsaturated/α-hetero) is 1. The van der Waals surface area contributed by atoms with E-state index in [2.05, 4.69) is 4.98 Å². The van der Waals surface area contributed by atoms with Crippen molar-refractivity contribution in [3.8, 4) is 10.6 Å². The van der Waals surface area contributed by atoms with Crippen molar-refractivity contribution in [3.05, 3.63) is 41.2 Å². The zero-order valence-corrected chi connectivity index (χ0v) is 12.6. The number of aromatic nitrogens is 1. The van der Waals surface area contributed by atoms with Crippen LogP contribution in [-0.2, 0) is 9.53 Å². The van der Waals surface area contributed by atoms with E-state index < -0.39 is 12.1 Å². The molecule has 0 bridgehead atoms. The average molecular weight is 319 g/mol. The van der Waals surface area contributed by atoms with Crippen molar-refractivity contribution in [2.75, 3.05) is 0 Å². The van der Waals surface area contributed by atoms with Crippen LogP contribution >= 0.6 is 11.3 Å². The van der Waals surface area contributed by atoms with E-state index in [-0.39, 0.29) is 17.3 Å². The van der Waals surface area contributed by atoms with Crippen LogP contribution in [0.3, 0.4) is 0 Å². The second-order valence-electron chi connectivity index (χ2n) is 5.15. The highest BCUT2D eigenvalue weighted by Gasteiger charge is 2.27. The first-order valence-electron chi connectivity index (χ1n) is 7.08. The van der Waals surface area contributed by atoms with E-state index in [4.69, 9.17) is 4.74 Å². The standard InChI is InChI=1S/C16H14FNO3S/c17-11-7-5-10(6-8-11)15-18-12(9-22-15)16(20)21-14-4-2-1-3-13(14)19/h5-9,14H,1-4H2/t14-/m1/s1. The summed E-state index contributed by atoms with van der Waals surface area (Å²) in [7, 11) is 0. The van der Waals surface area contributed by atoms with E-state index >= 15 is 0 Å². The molecule has 1 aliphatic carbocycles. The minimum atomic E-state index is -0.641. The fourth-order valence-corrected chi connectivity index (χ4v) is 3.15. The number of carbonyl (C=O) groups excluding carboxylic acids is 2. The Balaban J connectivity index is 1.71. The molecule has 1 aromatic heterocycles. The molecule has 114 valence electrons. The van der Waals surface area contributed by atoms with Gasteiger partial charge in [-0.15, -0.1) is 11.3 Å². The molecule has 1 atom stereocenters. The molecule has 1 saturated carbocycles. The quantitative estimate of drug-likeness (QED) is 0.811. The van der Waals surface area contributed by atoms with Crippen LogP contribution in [0.5, 0.6) is 0 Å². The lowest BCUT2D eigenvalue weighted by Crippen LogP contribution is -2.30. The Morgan fingerprint density at radius 2 is 2.05 bits per heavy atom. The van der Waals surface area contributed by atoms with E-state index in [1.807, 2.05) is 0 Å². The van der Waals surface area contributed by atoms with E-state index in [1.54, 1.807) is 17.5 Å². The molecule has 0 aliphatic heterocycles. The van der Waals surface area contributed by atoms with Crippen LogP contribution in [0.25, 0.3) is 10.6 Å². The number of hydrogen-bond donors (Lipinski definition) is 0. The molecule has 3 rings (SSSR count). The van der Waals surface area contributed by atoms with Gasteiger partial charge in [-0.2, -0.15) is 0 Å². The Hall–Kier alpha value is -2.08. The van der Waals surface area contributed by atoms with Crippen LogP contribution in [0.1, 0.15) is 36.2 Å². The molecule has 0 spiro atoms. The summed E-state index contributed by atoms with van der Waals surface area (Å²) in [6.45, 7) is 0. The number of ketones is 1. The summed E-state index contributed by atoms with van der Waals surface area (Å²) in [5.74, 6) is -0.922. The van der Waals surface area contributed by atoms with Gasteiger partial charge in [-0.1, -0.05) is 0 Å². The molecule has 2 aromatic rings. The monoisotopic (exact) mass is 319 g/mol. The highest BCUT2D eigenvalue weighted by atomic mass is 32.1. The van der Waals surface area contributed by atoms with Gasteiger partial charge < -0.3 is 4.74 Å². The SMILES string of the molecule is O=C(O[C@@H]1CCCCC1=O)c1csc(-c2ccc(F)cc2)n1. The third-order valence-electron chi connectivity index (χ3n) is 3.55. The second-order valence-corrected chi connectivity index (χ2v) is 6.01. The molecule has 4 nitrogen and oxygen atoms in total. The third-order valence-corrected chi connectivity index (χ3v) is 4.44. The van der Waals surface area contributed by atoms with Gasteiger partial charge in [0.25, 0.3) is 0 Å². The fraction of sp³-hybridized carbons (Fsp3) is 0.312. The first kappa shape index (κ1) is 14.8. The summed E-state index contributed by atoms with van der Waals surface area (Å²) >= 11 is 1.28. The van der Waals surface area contributed by atoms with Gasteiger partial charge in [-0.05, 0) is 43.5 Å². The fourth-order valence-electron chi connectivity index (χ4n) is 2.36. The summed E-state index contributed by atoms with van der Waals surface area (Å²) in [5.41, 5.74) is 0.918. The summed E-state index contributed by atoms with van der Waals surface area (Å²) < 4.78 is 18.2. The van der Waals surface area contributed by atoms with Gasteiger partial charge in [-0.3, -0.25) is 4.79 Å². The number of ether oxygens (including phenoxy) is 1. The van der Waals surface area contributed by atoms with Gasteiger partial charge in [0.05, 0.1) is 0 Å². The van der Waals surface area contributed by atoms with Crippen LogP contribution in [0, 0.1) is 5.82 Å². The molecule has 1 heterocycles. The van der Waals surface area contributed by atoms with E-state index in [9.17, 15) is 14.0 Å². The highest BCUT2D eigenvalue weighted by Crippen LogP contribution is 2.25. The largest absolute Gasteiger partial charge is 0.450 e. The van der Waals surface area contributed by atoms with Crippen LogP contribution in [0.15, 0.2) is 29.6 Å². The molecule has 0 N–H and O–H groups in total. The molecule has 1 aromatic carbocycles. The zero-order chi connectivity index (χ0) is 15.5. The maximum atomic E-state index is 12.9. The van der Waals surface area contributed by atoms with Gasteiger partial charge in [-0.25, -0.2) is 14.2 Å². The molecule has 0 amide bonds. The maximum absolute atomic E-state index is 12.9. The average Bonchev–Trinajstić information content (AvgIpc) is 3.00. The minimum Gasteiger partial charge on any atom is -0.450 e. The highest BCUT2D eigenvalue weighted by molar-refractivity contribution is 7.13. The van der Waals surface area contributed by atoms with Crippen LogP contribution in [0.2, 0.25) is 0 Å². The van der Waals surface area contributed by atoms with E-state index in [1.165, 1.54) is 23.5 Å². The summed E-state index contributed by atoms with van der Waals surface area (Å²) in [4.78, 5) is 28.0. The number of rotatable bonds is 3. The summed E-state index contributed by atoms with van der Waals surface area (Å²) in [5, 5.41) is 2.20. The molecule has 1 fully saturated rings.